The van der Waals surface area contributed by atoms with Gasteiger partial charge in [0, 0.05) is 41.0 Å². The Morgan fingerprint density at radius 2 is 1.68 bits per heavy atom. The number of hydrogen-bond donors (Lipinski definition) is 3. The van der Waals surface area contributed by atoms with Crippen molar-refractivity contribution < 1.29 is 23.2 Å². The van der Waals surface area contributed by atoms with Gasteiger partial charge in [-0.15, -0.1) is 0 Å². The maximum atomic E-state index is 13.0. The molecule has 0 aliphatic heterocycles. The second kappa shape index (κ2) is 10.4. The summed E-state index contributed by atoms with van der Waals surface area (Å²) in [6.45, 7) is 0.456. The third kappa shape index (κ3) is 5.24. The Bertz CT molecular complexity index is 1710. The summed E-state index contributed by atoms with van der Waals surface area (Å²) in [7, 11) is -1.97. The van der Waals surface area contributed by atoms with Crippen molar-refractivity contribution in [3.8, 4) is 16.9 Å². The molecule has 0 aliphatic rings. The van der Waals surface area contributed by atoms with Crippen molar-refractivity contribution in [2.24, 2.45) is 7.05 Å². The molecular weight excluding hydrogens is 502 g/mol. The molecule has 0 spiro atoms. The fourth-order valence-electron chi connectivity index (χ4n) is 4.24. The summed E-state index contributed by atoms with van der Waals surface area (Å²) >= 11 is 0. The molecule has 192 valence electrons. The van der Waals surface area contributed by atoms with E-state index < -0.39 is 15.9 Å². The van der Waals surface area contributed by atoms with Crippen molar-refractivity contribution >= 4 is 32.5 Å². The zero-order valence-corrected chi connectivity index (χ0v) is 21.3. The minimum absolute atomic E-state index is 0.0105. The number of hydrogen-bond acceptors (Lipinski definition) is 5. The van der Waals surface area contributed by atoms with Gasteiger partial charge in [0.15, 0.2) is 0 Å². The molecule has 5 aromatic rings. The standard InChI is InChI=1S/C29H25N3O5S/c1-32-18-27(22-8-5-9-24(16-22)37-19-20-6-3-2-4-7-20)26-17-23(12-15-28(26)32)31-38(35,36)25-13-10-21(11-14-25)29(33)30-34/h2-18,31,34H,19H2,1H3,(H,30,33). The molecule has 0 atom stereocenters. The van der Waals surface area contributed by atoms with Gasteiger partial charge in [-0.05, 0) is 65.7 Å². The van der Waals surface area contributed by atoms with Gasteiger partial charge in [-0.1, -0.05) is 42.5 Å². The van der Waals surface area contributed by atoms with E-state index in [1.54, 1.807) is 12.1 Å². The van der Waals surface area contributed by atoms with E-state index in [-0.39, 0.29) is 10.5 Å². The van der Waals surface area contributed by atoms with Gasteiger partial charge in [0.1, 0.15) is 12.4 Å². The minimum Gasteiger partial charge on any atom is -0.489 e. The number of fused-ring (bicyclic) bond motifs is 1. The molecule has 9 heteroatoms. The molecule has 0 saturated carbocycles. The normalized spacial score (nSPS) is 11.3. The first-order valence-corrected chi connectivity index (χ1v) is 13.3. The topological polar surface area (TPSA) is 110 Å². The van der Waals surface area contributed by atoms with Crippen LogP contribution in [0.4, 0.5) is 5.69 Å². The van der Waals surface area contributed by atoms with Gasteiger partial charge in [0.25, 0.3) is 15.9 Å². The van der Waals surface area contributed by atoms with Gasteiger partial charge in [0.05, 0.1) is 4.90 Å². The maximum absolute atomic E-state index is 13.0. The number of carbonyl (C=O) groups is 1. The van der Waals surface area contributed by atoms with E-state index in [2.05, 4.69) is 4.72 Å². The summed E-state index contributed by atoms with van der Waals surface area (Å²) in [5.74, 6) is 0.0111. The van der Waals surface area contributed by atoms with E-state index in [0.717, 1.165) is 33.3 Å². The van der Waals surface area contributed by atoms with Crippen molar-refractivity contribution in [3.05, 3.63) is 114 Å². The number of nitrogens with one attached hydrogen (secondary N) is 2. The highest BCUT2D eigenvalue weighted by atomic mass is 32.2. The average Bonchev–Trinajstić information content (AvgIpc) is 3.27. The van der Waals surface area contributed by atoms with Gasteiger partial charge in [0.2, 0.25) is 0 Å². The molecule has 0 bridgehead atoms. The highest BCUT2D eigenvalue weighted by molar-refractivity contribution is 7.92. The summed E-state index contributed by atoms with van der Waals surface area (Å²) in [4.78, 5) is 11.5. The lowest BCUT2D eigenvalue weighted by atomic mass is 10.0. The van der Waals surface area contributed by atoms with E-state index >= 15 is 0 Å². The number of carbonyl (C=O) groups excluding carboxylic acids is 1. The fraction of sp³-hybridized carbons (Fsp3) is 0.0690. The van der Waals surface area contributed by atoms with Crippen LogP contribution in [0.1, 0.15) is 15.9 Å². The van der Waals surface area contributed by atoms with Gasteiger partial charge >= 0.3 is 0 Å². The fourth-order valence-corrected chi connectivity index (χ4v) is 5.29. The monoisotopic (exact) mass is 527 g/mol. The molecule has 8 nitrogen and oxygen atoms in total. The number of benzene rings is 4. The van der Waals surface area contributed by atoms with E-state index in [4.69, 9.17) is 9.94 Å². The molecule has 1 amide bonds. The molecular formula is C29H25N3O5S. The molecule has 0 fully saturated rings. The number of sulfonamides is 1. The summed E-state index contributed by atoms with van der Waals surface area (Å²) in [5, 5.41) is 9.63. The van der Waals surface area contributed by atoms with Crippen LogP contribution in [0.5, 0.6) is 5.75 Å². The Morgan fingerprint density at radius 3 is 2.42 bits per heavy atom. The van der Waals surface area contributed by atoms with Gasteiger partial charge < -0.3 is 9.30 Å². The predicted octanol–water partition coefficient (Wildman–Crippen LogP) is 5.34. The van der Waals surface area contributed by atoms with Gasteiger partial charge in [-0.2, -0.15) is 0 Å². The largest absolute Gasteiger partial charge is 0.489 e. The van der Waals surface area contributed by atoms with Crippen LogP contribution in [0.25, 0.3) is 22.0 Å². The highest BCUT2D eigenvalue weighted by Crippen LogP contribution is 2.34. The number of ether oxygens (including phenoxy) is 1. The Kier molecular flexibility index (Phi) is 6.87. The quantitative estimate of drug-likeness (QED) is 0.186. The first-order chi connectivity index (χ1) is 18.3. The Morgan fingerprint density at radius 1 is 0.921 bits per heavy atom. The second-order valence-electron chi connectivity index (χ2n) is 8.76. The van der Waals surface area contributed by atoms with E-state index in [0.29, 0.717) is 12.3 Å². The lowest BCUT2D eigenvalue weighted by Crippen LogP contribution is -2.19. The van der Waals surface area contributed by atoms with E-state index in [9.17, 15) is 13.2 Å². The first kappa shape index (κ1) is 25.1. The highest BCUT2D eigenvalue weighted by Gasteiger charge is 2.17. The predicted molar refractivity (Wildman–Crippen MR) is 146 cm³/mol. The molecule has 0 unspecified atom stereocenters. The van der Waals surface area contributed by atoms with Crippen molar-refractivity contribution in [1.29, 1.82) is 0 Å². The van der Waals surface area contributed by atoms with Crippen molar-refractivity contribution in [3.63, 3.8) is 0 Å². The van der Waals surface area contributed by atoms with Crippen LogP contribution < -0.4 is 14.9 Å². The molecule has 5 rings (SSSR count). The first-order valence-electron chi connectivity index (χ1n) is 11.8. The Balaban J connectivity index is 1.42. The third-order valence-electron chi connectivity index (χ3n) is 6.16. The number of anilines is 1. The minimum atomic E-state index is -3.91. The van der Waals surface area contributed by atoms with Crippen LogP contribution >= 0.6 is 0 Å². The van der Waals surface area contributed by atoms with E-state index in [1.807, 2.05) is 78.5 Å². The van der Waals surface area contributed by atoms with Crippen molar-refractivity contribution in [2.75, 3.05) is 4.72 Å². The zero-order chi connectivity index (χ0) is 26.7. The van der Waals surface area contributed by atoms with Crippen LogP contribution in [0.2, 0.25) is 0 Å². The van der Waals surface area contributed by atoms with Gasteiger partial charge in [-0.3, -0.25) is 14.7 Å². The smallest absolute Gasteiger partial charge is 0.274 e. The van der Waals surface area contributed by atoms with Crippen molar-refractivity contribution in [2.45, 2.75) is 11.5 Å². The average molecular weight is 528 g/mol. The molecule has 0 aliphatic carbocycles. The molecule has 0 radical (unpaired) electrons. The van der Waals surface area contributed by atoms with Crippen LogP contribution in [0.3, 0.4) is 0 Å². The number of aromatic nitrogens is 1. The number of rotatable bonds is 8. The number of aryl methyl sites for hydroxylation is 1. The van der Waals surface area contributed by atoms with Crippen molar-refractivity contribution in [1.82, 2.24) is 10.0 Å². The summed E-state index contributed by atoms with van der Waals surface area (Å²) < 4.78 is 36.6. The lowest BCUT2D eigenvalue weighted by molar-refractivity contribution is 0.0706. The number of amides is 1. The summed E-state index contributed by atoms with van der Waals surface area (Å²) in [5.41, 5.74) is 5.96. The van der Waals surface area contributed by atoms with Crippen LogP contribution in [0.15, 0.2) is 108 Å². The third-order valence-corrected chi connectivity index (χ3v) is 7.56. The second-order valence-corrected chi connectivity index (χ2v) is 10.4. The molecule has 1 aromatic heterocycles. The van der Waals surface area contributed by atoms with Crippen LogP contribution in [-0.4, -0.2) is 24.1 Å². The molecule has 0 saturated heterocycles. The number of nitrogens with zero attached hydrogens (tertiary/aromatic N) is 1. The Labute approximate surface area is 220 Å². The molecule has 38 heavy (non-hydrogen) atoms. The van der Waals surface area contributed by atoms with Gasteiger partial charge in [-0.25, -0.2) is 13.9 Å². The summed E-state index contributed by atoms with van der Waals surface area (Å²) in [6.07, 6.45) is 2.00. The van der Waals surface area contributed by atoms with Crippen LogP contribution in [0, 0.1) is 0 Å². The maximum Gasteiger partial charge on any atom is 0.274 e. The van der Waals surface area contributed by atoms with E-state index in [1.165, 1.54) is 29.7 Å². The Hall–Kier alpha value is -4.60. The SMILES string of the molecule is Cn1cc(-c2cccc(OCc3ccccc3)c2)c2cc(NS(=O)(=O)c3ccc(C(=O)NO)cc3)ccc21. The number of hydroxylamine groups is 1. The zero-order valence-electron chi connectivity index (χ0n) is 20.5. The van der Waals surface area contributed by atoms with Crippen LogP contribution in [-0.2, 0) is 23.7 Å². The molecule has 1 heterocycles. The lowest BCUT2D eigenvalue weighted by Gasteiger charge is -2.10. The molecule has 4 aromatic carbocycles. The summed E-state index contributed by atoms with van der Waals surface area (Å²) in [6, 6.07) is 28.4. The molecule has 3 N–H and O–H groups in total.